The van der Waals surface area contributed by atoms with Gasteiger partial charge in [-0.15, -0.1) is 0 Å². The van der Waals surface area contributed by atoms with Crippen LogP contribution in [0.2, 0.25) is 15.2 Å². The number of nitrogen functional groups attached to an aromatic ring is 1. The van der Waals surface area contributed by atoms with Crippen LogP contribution in [0.1, 0.15) is 5.56 Å². The molecule has 29 heavy (non-hydrogen) atoms. The fourth-order valence-electron chi connectivity index (χ4n) is 3.04. The third kappa shape index (κ3) is 3.58. The third-order valence-corrected chi connectivity index (χ3v) is 5.22. The number of hydrogen-bond acceptors (Lipinski definition) is 4. The molecule has 0 saturated heterocycles. The molecule has 0 saturated carbocycles. The highest BCUT2D eigenvalue weighted by Crippen LogP contribution is 2.38. The lowest BCUT2D eigenvalue weighted by molar-refractivity contribution is 0.629. The Morgan fingerprint density at radius 2 is 1.69 bits per heavy atom. The zero-order valence-electron chi connectivity index (χ0n) is 14.5. The molecule has 0 spiro atoms. The number of nitrogens with two attached hydrogens (primary N) is 1. The first-order valence-electron chi connectivity index (χ1n) is 8.29. The van der Waals surface area contributed by atoms with E-state index < -0.39 is 5.82 Å². The molecule has 2 heterocycles. The number of nitriles is 1. The van der Waals surface area contributed by atoms with Gasteiger partial charge in [-0.1, -0.05) is 40.9 Å². The Labute approximate surface area is 180 Å². The summed E-state index contributed by atoms with van der Waals surface area (Å²) in [6.45, 7) is 0. The number of benzene rings is 2. The molecule has 0 fully saturated rings. The fourth-order valence-corrected chi connectivity index (χ4v) is 3.80. The molecule has 0 aliphatic carbocycles. The summed E-state index contributed by atoms with van der Waals surface area (Å²) in [5.41, 5.74) is 8.65. The minimum Gasteiger partial charge on any atom is -0.383 e. The van der Waals surface area contributed by atoms with Crippen LogP contribution in [-0.4, -0.2) is 9.97 Å². The molecule has 0 bridgehead atoms. The number of hydrogen-bond donors (Lipinski definition) is 1. The van der Waals surface area contributed by atoms with Gasteiger partial charge in [-0.05, 0) is 42.5 Å². The maximum absolute atomic E-state index is 13.6. The summed E-state index contributed by atoms with van der Waals surface area (Å²) >= 11 is 18.7. The van der Waals surface area contributed by atoms with Crippen molar-refractivity contribution in [3.8, 4) is 28.5 Å². The summed E-state index contributed by atoms with van der Waals surface area (Å²) in [5, 5.41) is 11.1. The highest BCUT2D eigenvalue weighted by atomic mass is 35.5. The molecule has 0 radical (unpaired) electrons. The number of halogens is 4. The first kappa shape index (κ1) is 19.4. The van der Waals surface area contributed by atoms with E-state index in [9.17, 15) is 9.65 Å². The van der Waals surface area contributed by atoms with Crippen molar-refractivity contribution in [1.82, 2.24) is 9.97 Å². The first-order chi connectivity index (χ1) is 13.9. The average Bonchev–Trinajstić information content (AvgIpc) is 2.67. The first-order valence-corrected chi connectivity index (χ1v) is 9.43. The van der Waals surface area contributed by atoms with Crippen molar-refractivity contribution in [2.45, 2.75) is 0 Å². The molecular weight excluding hydrogens is 434 g/mol. The van der Waals surface area contributed by atoms with Crippen LogP contribution in [0.25, 0.3) is 33.3 Å². The molecule has 0 atom stereocenters. The third-order valence-electron chi connectivity index (χ3n) is 4.39. The quantitative estimate of drug-likeness (QED) is 0.358. The molecule has 4 aromatic rings. The molecular formula is C21H10Cl3FN4. The topological polar surface area (TPSA) is 75.6 Å². The van der Waals surface area contributed by atoms with Crippen molar-refractivity contribution >= 4 is 51.5 Å². The molecule has 0 amide bonds. The van der Waals surface area contributed by atoms with E-state index in [1.54, 1.807) is 36.4 Å². The van der Waals surface area contributed by atoms with Crippen LogP contribution in [0.15, 0.2) is 48.5 Å². The van der Waals surface area contributed by atoms with Gasteiger partial charge >= 0.3 is 0 Å². The SMILES string of the molecule is N#Cc1c(-c2ccc(Cl)cc2Cl)cc(-c2cc3cc(F)ccc3nc2Cl)nc1N. The lowest BCUT2D eigenvalue weighted by Gasteiger charge is -2.13. The molecule has 0 unspecified atom stereocenters. The molecule has 8 heteroatoms. The number of fused-ring (bicyclic) bond motifs is 1. The van der Waals surface area contributed by atoms with Crippen molar-refractivity contribution in [2.24, 2.45) is 0 Å². The van der Waals surface area contributed by atoms with Crippen molar-refractivity contribution in [2.75, 3.05) is 5.73 Å². The summed E-state index contributed by atoms with van der Waals surface area (Å²) in [6.07, 6.45) is 0. The van der Waals surface area contributed by atoms with Crippen molar-refractivity contribution < 1.29 is 4.39 Å². The van der Waals surface area contributed by atoms with Gasteiger partial charge < -0.3 is 5.73 Å². The number of aromatic nitrogens is 2. The standard InChI is InChI=1S/C21H10Cl3FN4/c22-11-1-3-13(17(23)7-11)14-8-19(29-21(27)16(14)9-26)15-6-10-5-12(25)2-4-18(10)28-20(15)24/h1-8H,(H2,27,29). The zero-order chi connectivity index (χ0) is 20.7. The molecule has 2 N–H and O–H groups in total. The van der Waals surface area contributed by atoms with E-state index in [0.717, 1.165) is 0 Å². The van der Waals surface area contributed by atoms with E-state index in [1.807, 2.05) is 0 Å². The van der Waals surface area contributed by atoms with Crippen LogP contribution < -0.4 is 5.73 Å². The highest BCUT2D eigenvalue weighted by Gasteiger charge is 2.18. The average molecular weight is 444 g/mol. The molecule has 4 nitrogen and oxygen atoms in total. The molecule has 0 aliphatic rings. The van der Waals surface area contributed by atoms with Crippen molar-refractivity contribution in [3.05, 3.63) is 75.1 Å². The van der Waals surface area contributed by atoms with Crippen LogP contribution in [0.4, 0.5) is 10.2 Å². The molecule has 2 aromatic carbocycles. The van der Waals surface area contributed by atoms with Gasteiger partial charge in [-0.2, -0.15) is 5.26 Å². The van der Waals surface area contributed by atoms with Gasteiger partial charge in [0.05, 0.1) is 11.2 Å². The van der Waals surface area contributed by atoms with E-state index in [2.05, 4.69) is 16.0 Å². The minimum atomic E-state index is -0.395. The van der Waals surface area contributed by atoms with E-state index in [1.165, 1.54) is 12.1 Å². The van der Waals surface area contributed by atoms with Gasteiger partial charge in [-0.25, -0.2) is 14.4 Å². The highest BCUT2D eigenvalue weighted by molar-refractivity contribution is 6.36. The minimum absolute atomic E-state index is 0.0152. The fraction of sp³-hybridized carbons (Fsp3) is 0. The molecule has 142 valence electrons. The van der Waals surface area contributed by atoms with Gasteiger partial charge in [0.15, 0.2) is 0 Å². The zero-order valence-corrected chi connectivity index (χ0v) is 16.8. The lowest BCUT2D eigenvalue weighted by Crippen LogP contribution is -2.01. The van der Waals surface area contributed by atoms with E-state index in [4.69, 9.17) is 40.5 Å². The Bertz CT molecular complexity index is 1330. The number of rotatable bonds is 2. The van der Waals surface area contributed by atoms with Crippen molar-refractivity contribution in [3.63, 3.8) is 0 Å². The largest absolute Gasteiger partial charge is 0.383 e. The number of nitrogens with zero attached hydrogens (tertiary/aromatic N) is 3. The van der Waals surface area contributed by atoms with Crippen LogP contribution in [0, 0.1) is 17.1 Å². The Hall–Kier alpha value is -2.91. The normalized spacial score (nSPS) is 10.9. The number of anilines is 1. The Kier molecular flexibility index (Phi) is 5.01. The maximum atomic E-state index is 13.6. The second-order valence-electron chi connectivity index (χ2n) is 6.22. The lowest BCUT2D eigenvalue weighted by atomic mass is 9.98. The van der Waals surface area contributed by atoms with Gasteiger partial charge in [0.1, 0.15) is 28.4 Å². The van der Waals surface area contributed by atoms with E-state index in [0.29, 0.717) is 43.3 Å². The summed E-state index contributed by atoms with van der Waals surface area (Å²) in [6, 6.07) is 14.5. The van der Waals surface area contributed by atoms with Gasteiger partial charge in [0.25, 0.3) is 0 Å². The van der Waals surface area contributed by atoms with E-state index in [-0.39, 0.29) is 16.5 Å². The van der Waals surface area contributed by atoms with Crippen LogP contribution in [0.3, 0.4) is 0 Å². The smallest absolute Gasteiger partial charge is 0.142 e. The van der Waals surface area contributed by atoms with Gasteiger partial charge in [0, 0.05) is 32.1 Å². The van der Waals surface area contributed by atoms with E-state index >= 15 is 0 Å². The van der Waals surface area contributed by atoms with Gasteiger partial charge in [0.2, 0.25) is 0 Å². The maximum Gasteiger partial charge on any atom is 0.142 e. The summed E-state index contributed by atoms with van der Waals surface area (Å²) in [7, 11) is 0. The Balaban J connectivity index is 1.99. The van der Waals surface area contributed by atoms with Crippen LogP contribution >= 0.6 is 34.8 Å². The predicted molar refractivity (Wildman–Crippen MR) is 115 cm³/mol. The summed E-state index contributed by atoms with van der Waals surface area (Å²) < 4.78 is 13.6. The van der Waals surface area contributed by atoms with Crippen LogP contribution in [0.5, 0.6) is 0 Å². The summed E-state index contributed by atoms with van der Waals surface area (Å²) in [4.78, 5) is 8.61. The second-order valence-corrected chi connectivity index (χ2v) is 7.42. The second kappa shape index (κ2) is 7.49. The predicted octanol–water partition coefficient (Wildman–Crippen LogP) is 6.52. The molecule has 2 aromatic heterocycles. The Morgan fingerprint density at radius 1 is 0.897 bits per heavy atom. The Morgan fingerprint density at radius 3 is 2.41 bits per heavy atom. The van der Waals surface area contributed by atoms with Crippen molar-refractivity contribution in [1.29, 1.82) is 5.26 Å². The van der Waals surface area contributed by atoms with Crippen LogP contribution in [-0.2, 0) is 0 Å². The summed E-state index contributed by atoms with van der Waals surface area (Å²) in [5.74, 6) is -0.380. The monoisotopic (exact) mass is 442 g/mol. The number of pyridine rings is 2. The van der Waals surface area contributed by atoms with Gasteiger partial charge in [-0.3, -0.25) is 0 Å². The molecule has 0 aliphatic heterocycles. The molecule has 4 rings (SSSR count).